The minimum atomic E-state index is -0.170. The van der Waals surface area contributed by atoms with E-state index in [-0.39, 0.29) is 11.7 Å². The van der Waals surface area contributed by atoms with Crippen LogP contribution in [0.3, 0.4) is 0 Å². The first-order valence-electron chi connectivity index (χ1n) is 6.37. The maximum Gasteiger partial charge on any atom is 0.173 e. The van der Waals surface area contributed by atoms with Gasteiger partial charge in [0.05, 0.1) is 12.7 Å². The predicted molar refractivity (Wildman–Crippen MR) is 76.9 cm³/mol. The monoisotopic (exact) mass is 254 g/mol. The highest BCUT2D eigenvalue weighted by Crippen LogP contribution is 2.27. The van der Waals surface area contributed by atoms with Crippen molar-refractivity contribution in [3.63, 3.8) is 0 Å². The molecule has 2 aromatic carbocycles. The van der Waals surface area contributed by atoms with E-state index in [0.29, 0.717) is 11.3 Å². The first-order valence-corrected chi connectivity index (χ1v) is 6.37. The van der Waals surface area contributed by atoms with E-state index in [1.54, 1.807) is 7.11 Å². The van der Waals surface area contributed by atoms with E-state index in [0.717, 1.165) is 11.1 Å². The molecule has 0 heterocycles. The van der Waals surface area contributed by atoms with E-state index < -0.39 is 0 Å². The van der Waals surface area contributed by atoms with Crippen molar-refractivity contribution in [1.29, 1.82) is 0 Å². The number of rotatable bonds is 4. The first kappa shape index (κ1) is 13.3. The summed E-state index contributed by atoms with van der Waals surface area (Å²) in [5.74, 6) is 0.557. The van der Waals surface area contributed by atoms with Gasteiger partial charge in [-0.2, -0.15) is 0 Å². The van der Waals surface area contributed by atoms with Crippen LogP contribution in [0.25, 0.3) is 0 Å². The van der Waals surface area contributed by atoms with E-state index in [2.05, 4.69) is 0 Å². The highest BCUT2D eigenvalue weighted by atomic mass is 16.5. The SMILES string of the molecule is COc1ccc(C)cc1C(=O)C(C)c1ccccc1. The molecular weight excluding hydrogens is 236 g/mol. The summed E-state index contributed by atoms with van der Waals surface area (Å²) in [6.07, 6.45) is 0. The third kappa shape index (κ3) is 2.84. The number of Topliss-reactive ketones (excluding diaryl/α,β-unsaturated/α-hetero) is 1. The lowest BCUT2D eigenvalue weighted by Crippen LogP contribution is -2.11. The number of ketones is 1. The zero-order chi connectivity index (χ0) is 13.8. The maximum absolute atomic E-state index is 12.6. The van der Waals surface area contributed by atoms with Crippen molar-refractivity contribution < 1.29 is 9.53 Å². The van der Waals surface area contributed by atoms with Crippen LogP contribution >= 0.6 is 0 Å². The standard InChI is InChI=1S/C17H18O2/c1-12-9-10-16(19-3)15(11-12)17(18)13(2)14-7-5-4-6-8-14/h4-11,13H,1-3H3. The van der Waals surface area contributed by atoms with Crippen molar-refractivity contribution in [2.24, 2.45) is 0 Å². The lowest BCUT2D eigenvalue weighted by Gasteiger charge is -2.14. The molecule has 2 rings (SSSR count). The summed E-state index contributed by atoms with van der Waals surface area (Å²) in [5, 5.41) is 0. The van der Waals surface area contributed by atoms with Gasteiger partial charge in [-0.25, -0.2) is 0 Å². The van der Waals surface area contributed by atoms with Crippen LogP contribution < -0.4 is 4.74 Å². The smallest absolute Gasteiger partial charge is 0.173 e. The van der Waals surface area contributed by atoms with Gasteiger partial charge in [-0.05, 0) is 24.6 Å². The normalized spacial score (nSPS) is 11.9. The molecule has 0 saturated heterocycles. The molecule has 0 aromatic heterocycles. The first-order chi connectivity index (χ1) is 9.13. The molecule has 0 bridgehead atoms. The Kier molecular flexibility index (Phi) is 4.00. The van der Waals surface area contributed by atoms with Gasteiger partial charge in [-0.1, -0.05) is 48.9 Å². The van der Waals surface area contributed by atoms with E-state index in [4.69, 9.17) is 4.74 Å². The van der Waals surface area contributed by atoms with E-state index in [1.165, 1.54) is 0 Å². The van der Waals surface area contributed by atoms with E-state index in [9.17, 15) is 4.79 Å². The Morgan fingerprint density at radius 3 is 2.42 bits per heavy atom. The molecule has 0 saturated carbocycles. The predicted octanol–water partition coefficient (Wildman–Crippen LogP) is 3.99. The number of carbonyl (C=O) groups excluding carboxylic acids is 1. The fourth-order valence-corrected chi connectivity index (χ4v) is 2.14. The molecule has 1 atom stereocenters. The van der Waals surface area contributed by atoms with Gasteiger partial charge in [0.2, 0.25) is 0 Å². The van der Waals surface area contributed by atoms with Crippen LogP contribution in [0, 0.1) is 6.92 Å². The zero-order valence-electron chi connectivity index (χ0n) is 11.5. The zero-order valence-corrected chi connectivity index (χ0v) is 11.5. The lowest BCUT2D eigenvalue weighted by molar-refractivity contribution is 0.0963. The van der Waals surface area contributed by atoms with Crippen molar-refractivity contribution in [2.75, 3.05) is 7.11 Å². The Balaban J connectivity index is 2.37. The Hall–Kier alpha value is -2.09. The van der Waals surface area contributed by atoms with Gasteiger partial charge in [0.15, 0.2) is 5.78 Å². The van der Waals surface area contributed by atoms with Gasteiger partial charge in [0.25, 0.3) is 0 Å². The number of methoxy groups -OCH3 is 1. The number of hydrogen-bond donors (Lipinski definition) is 0. The highest BCUT2D eigenvalue weighted by Gasteiger charge is 2.20. The second-order valence-corrected chi connectivity index (χ2v) is 4.70. The van der Waals surface area contributed by atoms with Gasteiger partial charge in [0.1, 0.15) is 5.75 Å². The largest absolute Gasteiger partial charge is 0.496 e. The van der Waals surface area contributed by atoms with Crippen molar-refractivity contribution in [3.8, 4) is 5.75 Å². The van der Waals surface area contributed by atoms with Crippen molar-refractivity contribution in [3.05, 3.63) is 65.2 Å². The van der Waals surface area contributed by atoms with Crippen molar-refractivity contribution in [2.45, 2.75) is 19.8 Å². The molecule has 0 radical (unpaired) electrons. The number of hydrogen-bond acceptors (Lipinski definition) is 2. The molecule has 98 valence electrons. The Bertz CT molecular complexity index is 573. The molecule has 1 unspecified atom stereocenters. The van der Waals surface area contributed by atoms with E-state index >= 15 is 0 Å². The van der Waals surface area contributed by atoms with Gasteiger partial charge < -0.3 is 4.74 Å². The second-order valence-electron chi connectivity index (χ2n) is 4.70. The summed E-state index contributed by atoms with van der Waals surface area (Å²) in [7, 11) is 1.59. The van der Waals surface area contributed by atoms with Crippen LogP contribution in [0.2, 0.25) is 0 Å². The van der Waals surface area contributed by atoms with Crippen molar-refractivity contribution in [1.82, 2.24) is 0 Å². The van der Waals surface area contributed by atoms with Gasteiger partial charge >= 0.3 is 0 Å². The number of ether oxygens (including phenoxy) is 1. The molecular formula is C17H18O2. The summed E-state index contributed by atoms with van der Waals surface area (Å²) in [4.78, 5) is 12.6. The van der Waals surface area contributed by atoms with E-state index in [1.807, 2.05) is 62.4 Å². The van der Waals surface area contributed by atoms with Gasteiger partial charge in [-0.3, -0.25) is 4.79 Å². The number of benzene rings is 2. The van der Waals surface area contributed by atoms with Crippen LogP contribution in [0.4, 0.5) is 0 Å². The summed E-state index contributed by atoms with van der Waals surface area (Å²) in [6, 6.07) is 15.5. The average molecular weight is 254 g/mol. The Morgan fingerprint density at radius 2 is 1.79 bits per heavy atom. The van der Waals surface area contributed by atoms with Crippen LogP contribution in [0.5, 0.6) is 5.75 Å². The van der Waals surface area contributed by atoms with Gasteiger partial charge in [-0.15, -0.1) is 0 Å². The highest BCUT2D eigenvalue weighted by molar-refractivity contribution is 6.03. The molecule has 2 nitrogen and oxygen atoms in total. The molecule has 2 aromatic rings. The fourth-order valence-electron chi connectivity index (χ4n) is 2.14. The Labute approximate surface area is 114 Å². The molecule has 19 heavy (non-hydrogen) atoms. The summed E-state index contributed by atoms with van der Waals surface area (Å²) in [6.45, 7) is 3.91. The molecule has 0 aliphatic carbocycles. The minimum absolute atomic E-state index is 0.0896. The second kappa shape index (κ2) is 5.70. The third-order valence-electron chi connectivity index (χ3n) is 3.31. The lowest BCUT2D eigenvalue weighted by atomic mass is 9.91. The summed E-state index contributed by atoms with van der Waals surface area (Å²) >= 11 is 0. The van der Waals surface area contributed by atoms with Crippen LogP contribution in [0.1, 0.15) is 34.3 Å². The van der Waals surface area contributed by atoms with Crippen LogP contribution in [-0.4, -0.2) is 12.9 Å². The average Bonchev–Trinajstić information content (AvgIpc) is 2.46. The molecule has 0 aliphatic heterocycles. The third-order valence-corrected chi connectivity index (χ3v) is 3.31. The molecule has 0 fully saturated rings. The Morgan fingerprint density at radius 1 is 1.11 bits per heavy atom. The number of carbonyl (C=O) groups is 1. The molecule has 0 N–H and O–H groups in total. The summed E-state index contributed by atoms with van der Waals surface area (Å²) < 4.78 is 5.29. The molecule has 0 aliphatic rings. The quantitative estimate of drug-likeness (QED) is 0.771. The number of aryl methyl sites for hydroxylation is 1. The molecule has 0 spiro atoms. The van der Waals surface area contributed by atoms with Crippen LogP contribution in [0.15, 0.2) is 48.5 Å². The van der Waals surface area contributed by atoms with Crippen molar-refractivity contribution >= 4 is 5.78 Å². The molecule has 2 heteroatoms. The fraction of sp³-hybridized carbons (Fsp3) is 0.235. The van der Waals surface area contributed by atoms with Crippen LogP contribution in [-0.2, 0) is 0 Å². The topological polar surface area (TPSA) is 26.3 Å². The maximum atomic E-state index is 12.6. The minimum Gasteiger partial charge on any atom is -0.496 e. The molecule has 0 amide bonds. The van der Waals surface area contributed by atoms with Gasteiger partial charge in [0, 0.05) is 5.92 Å². The summed E-state index contributed by atoms with van der Waals surface area (Å²) in [5.41, 5.74) is 2.74.